The Balaban J connectivity index is 1.51. The van der Waals surface area contributed by atoms with Crippen molar-refractivity contribution in [3.05, 3.63) is 53.1 Å². The average molecular weight is 470 g/mol. The van der Waals surface area contributed by atoms with Gasteiger partial charge in [0.2, 0.25) is 21.8 Å². The van der Waals surface area contributed by atoms with Crippen molar-refractivity contribution in [2.24, 2.45) is 5.92 Å². The summed E-state index contributed by atoms with van der Waals surface area (Å²) in [5, 5.41) is 2.98. The lowest BCUT2D eigenvalue weighted by Gasteiger charge is -2.32. The molecule has 0 unspecified atom stereocenters. The van der Waals surface area contributed by atoms with Crippen LogP contribution in [0.25, 0.3) is 0 Å². The predicted octanol–water partition coefficient (Wildman–Crippen LogP) is 3.64. The molecule has 2 aromatic rings. The zero-order valence-corrected chi connectivity index (χ0v) is 20.2. The molecule has 0 aliphatic carbocycles. The van der Waals surface area contributed by atoms with Gasteiger partial charge in [-0.05, 0) is 74.9 Å². The first-order chi connectivity index (χ1) is 15.7. The third-order valence-corrected chi connectivity index (χ3v) is 8.44. The lowest BCUT2D eigenvalue weighted by molar-refractivity contribution is -0.121. The molecule has 4 rings (SSSR count). The number of carbonyl (C=O) groups excluding carboxylic acids is 2. The Morgan fingerprint density at radius 3 is 2.55 bits per heavy atom. The highest BCUT2D eigenvalue weighted by molar-refractivity contribution is 7.89. The number of carbonyl (C=O) groups is 2. The minimum Gasteiger partial charge on any atom is -0.326 e. The molecule has 8 heteroatoms. The lowest BCUT2D eigenvalue weighted by atomic mass is 9.98. The highest BCUT2D eigenvalue weighted by Gasteiger charge is 2.34. The van der Waals surface area contributed by atoms with E-state index >= 15 is 0 Å². The Morgan fingerprint density at radius 1 is 1.03 bits per heavy atom. The van der Waals surface area contributed by atoms with E-state index in [9.17, 15) is 18.0 Å². The minimum atomic E-state index is -3.74. The third-order valence-electron chi connectivity index (χ3n) is 6.58. The smallest absolute Gasteiger partial charge is 0.243 e. The molecule has 1 fully saturated rings. The maximum atomic E-state index is 13.4. The van der Waals surface area contributed by atoms with Gasteiger partial charge in [-0.2, -0.15) is 4.31 Å². The second-order valence-electron chi connectivity index (χ2n) is 9.07. The predicted molar refractivity (Wildman–Crippen MR) is 129 cm³/mol. The molecular weight excluding hydrogens is 438 g/mol. The van der Waals surface area contributed by atoms with Gasteiger partial charge in [0.15, 0.2) is 0 Å². The SMILES string of the molecule is CC(=O)N1CCCc2cc(S(=O)(=O)N3CCC[C@@H](C(=O)Nc4ccc(C)cc4C)C3)ccc21. The fraction of sp³-hybridized carbons (Fsp3) is 0.440. The van der Waals surface area contributed by atoms with Crippen LogP contribution in [-0.2, 0) is 26.0 Å². The van der Waals surface area contributed by atoms with Crippen LogP contribution in [0.15, 0.2) is 41.3 Å². The van der Waals surface area contributed by atoms with Gasteiger partial charge >= 0.3 is 0 Å². The molecule has 2 amide bonds. The maximum absolute atomic E-state index is 13.4. The molecule has 176 valence electrons. The Kier molecular flexibility index (Phi) is 6.59. The number of piperidine rings is 1. The summed E-state index contributed by atoms with van der Waals surface area (Å²) in [6, 6.07) is 10.8. The second kappa shape index (κ2) is 9.27. The zero-order chi connectivity index (χ0) is 23.8. The first-order valence-electron chi connectivity index (χ1n) is 11.5. The van der Waals surface area contributed by atoms with Crippen LogP contribution >= 0.6 is 0 Å². The van der Waals surface area contributed by atoms with Crippen LogP contribution in [0.2, 0.25) is 0 Å². The third kappa shape index (κ3) is 4.82. The van der Waals surface area contributed by atoms with Crippen LogP contribution < -0.4 is 10.2 Å². The van der Waals surface area contributed by atoms with E-state index in [0.29, 0.717) is 25.9 Å². The van der Waals surface area contributed by atoms with E-state index in [0.717, 1.165) is 40.9 Å². The van der Waals surface area contributed by atoms with E-state index in [1.165, 1.54) is 11.2 Å². The Morgan fingerprint density at radius 2 is 1.82 bits per heavy atom. The molecule has 0 bridgehead atoms. The monoisotopic (exact) mass is 469 g/mol. The molecule has 2 aromatic carbocycles. The second-order valence-corrected chi connectivity index (χ2v) is 11.0. The number of anilines is 2. The van der Waals surface area contributed by atoms with Gasteiger partial charge in [-0.3, -0.25) is 9.59 Å². The number of sulfonamides is 1. The summed E-state index contributed by atoms with van der Waals surface area (Å²) in [5.41, 5.74) is 4.53. The van der Waals surface area contributed by atoms with Crippen molar-refractivity contribution in [3.8, 4) is 0 Å². The summed E-state index contributed by atoms with van der Waals surface area (Å²) in [7, 11) is -3.74. The van der Waals surface area contributed by atoms with Crippen LogP contribution in [0, 0.1) is 19.8 Å². The van der Waals surface area contributed by atoms with Gasteiger partial charge in [0.05, 0.1) is 10.8 Å². The topological polar surface area (TPSA) is 86.8 Å². The molecule has 2 aliphatic rings. The minimum absolute atomic E-state index is 0.0414. The van der Waals surface area contributed by atoms with E-state index in [1.807, 2.05) is 32.0 Å². The molecule has 0 aromatic heterocycles. The van der Waals surface area contributed by atoms with E-state index in [1.54, 1.807) is 23.1 Å². The van der Waals surface area contributed by atoms with Crippen molar-refractivity contribution in [1.29, 1.82) is 0 Å². The summed E-state index contributed by atoms with van der Waals surface area (Å²) in [5.74, 6) is -0.593. The van der Waals surface area contributed by atoms with Gasteiger partial charge in [0, 0.05) is 37.9 Å². The quantitative estimate of drug-likeness (QED) is 0.741. The highest BCUT2D eigenvalue weighted by atomic mass is 32.2. The lowest BCUT2D eigenvalue weighted by Crippen LogP contribution is -2.43. The zero-order valence-electron chi connectivity index (χ0n) is 19.4. The first kappa shape index (κ1) is 23.4. The van der Waals surface area contributed by atoms with E-state index in [4.69, 9.17) is 0 Å². The molecule has 0 spiro atoms. The highest BCUT2D eigenvalue weighted by Crippen LogP contribution is 2.32. The molecule has 1 saturated heterocycles. The number of aryl methyl sites for hydroxylation is 3. The first-order valence-corrected chi connectivity index (χ1v) is 12.9. The van der Waals surface area contributed by atoms with Crippen LogP contribution in [0.4, 0.5) is 11.4 Å². The van der Waals surface area contributed by atoms with E-state index in [-0.39, 0.29) is 23.3 Å². The van der Waals surface area contributed by atoms with Crippen LogP contribution in [0.1, 0.15) is 42.9 Å². The molecule has 0 saturated carbocycles. The number of hydrogen-bond acceptors (Lipinski definition) is 4. The van der Waals surface area contributed by atoms with E-state index < -0.39 is 15.9 Å². The van der Waals surface area contributed by atoms with Crippen molar-refractivity contribution in [1.82, 2.24) is 4.31 Å². The van der Waals surface area contributed by atoms with Crippen molar-refractivity contribution >= 4 is 33.2 Å². The standard InChI is InChI=1S/C25H31N3O4S/c1-17-8-10-23(18(2)14-17)26-25(30)21-7-4-12-27(16-21)33(31,32)22-9-11-24-20(15-22)6-5-13-28(24)19(3)29/h8-11,14-15,21H,4-7,12-13,16H2,1-3H3,(H,26,30)/t21-/m1/s1. The number of nitrogens with one attached hydrogen (secondary N) is 1. The van der Waals surface area contributed by atoms with Gasteiger partial charge in [0.1, 0.15) is 0 Å². The number of fused-ring (bicyclic) bond motifs is 1. The van der Waals surface area contributed by atoms with Gasteiger partial charge < -0.3 is 10.2 Å². The Bertz CT molecular complexity index is 1190. The molecule has 2 aliphatic heterocycles. The maximum Gasteiger partial charge on any atom is 0.243 e. The van der Waals surface area contributed by atoms with Crippen LogP contribution in [0.5, 0.6) is 0 Å². The summed E-state index contributed by atoms with van der Waals surface area (Å²) in [6.07, 6.45) is 2.83. The van der Waals surface area contributed by atoms with Crippen LogP contribution in [-0.4, -0.2) is 44.2 Å². The fourth-order valence-corrected chi connectivity index (χ4v) is 6.35. The molecule has 2 heterocycles. The van der Waals surface area contributed by atoms with Crippen molar-refractivity contribution in [2.75, 3.05) is 29.9 Å². The summed E-state index contributed by atoms with van der Waals surface area (Å²) in [6.45, 7) is 6.68. The molecule has 33 heavy (non-hydrogen) atoms. The van der Waals surface area contributed by atoms with Crippen molar-refractivity contribution in [3.63, 3.8) is 0 Å². The molecule has 7 nitrogen and oxygen atoms in total. The molecular formula is C25H31N3O4S. The number of benzene rings is 2. The van der Waals surface area contributed by atoms with E-state index in [2.05, 4.69) is 5.32 Å². The Labute approximate surface area is 195 Å². The molecule has 1 atom stereocenters. The van der Waals surface area contributed by atoms with Gasteiger partial charge in [-0.25, -0.2) is 8.42 Å². The van der Waals surface area contributed by atoms with Gasteiger partial charge in [0.25, 0.3) is 0 Å². The normalized spacial score (nSPS) is 19.1. The summed E-state index contributed by atoms with van der Waals surface area (Å²) in [4.78, 5) is 26.8. The van der Waals surface area contributed by atoms with Crippen LogP contribution in [0.3, 0.4) is 0 Å². The fourth-order valence-electron chi connectivity index (χ4n) is 4.77. The number of amides is 2. The van der Waals surface area contributed by atoms with Crippen molar-refractivity contribution in [2.45, 2.75) is 51.3 Å². The average Bonchev–Trinajstić information content (AvgIpc) is 2.80. The van der Waals surface area contributed by atoms with Gasteiger partial charge in [-0.15, -0.1) is 0 Å². The largest absolute Gasteiger partial charge is 0.326 e. The van der Waals surface area contributed by atoms with Gasteiger partial charge in [-0.1, -0.05) is 17.7 Å². The van der Waals surface area contributed by atoms with Crippen molar-refractivity contribution < 1.29 is 18.0 Å². The summed E-state index contributed by atoms with van der Waals surface area (Å²) >= 11 is 0. The number of hydrogen-bond donors (Lipinski definition) is 1. The molecule has 1 N–H and O–H groups in total. The Hall–Kier alpha value is -2.71. The molecule has 0 radical (unpaired) electrons. The number of nitrogens with zero attached hydrogens (tertiary/aromatic N) is 2. The summed E-state index contributed by atoms with van der Waals surface area (Å²) < 4.78 is 28.3. The number of rotatable bonds is 4.